The molecule has 0 spiro atoms. The fraction of sp³-hybridized carbons (Fsp3) is 0.345. The number of benzene rings is 2. The number of carbonyl (C=O) groups excluding carboxylic acids is 1. The van der Waals surface area contributed by atoms with E-state index in [-0.39, 0.29) is 24.4 Å². The quantitative estimate of drug-likeness (QED) is 0.230. The predicted octanol–water partition coefficient (Wildman–Crippen LogP) is 5.14. The van der Waals surface area contributed by atoms with Crippen molar-refractivity contribution in [1.82, 2.24) is 35.1 Å². The van der Waals surface area contributed by atoms with Gasteiger partial charge in [-0.25, -0.2) is 14.6 Å². The van der Waals surface area contributed by atoms with Crippen molar-refractivity contribution in [2.45, 2.75) is 43.2 Å². The number of likely N-dealkylation sites (tertiary alicyclic amines) is 1. The normalized spacial score (nSPS) is 14.4. The first-order valence-corrected chi connectivity index (χ1v) is 14.9. The average molecular weight is 640 g/mol. The molecule has 3 heterocycles. The summed E-state index contributed by atoms with van der Waals surface area (Å²) in [5.41, 5.74) is 3.05. The van der Waals surface area contributed by atoms with Crippen molar-refractivity contribution in [3.8, 4) is 28.7 Å². The Bertz CT molecular complexity index is 1660. The van der Waals surface area contributed by atoms with Gasteiger partial charge in [0.15, 0.2) is 0 Å². The van der Waals surface area contributed by atoms with Crippen LogP contribution in [0.1, 0.15) is 36.8 Å². The number of amides is 1. The third-order valence-corrected chi connectivity index (χ3v) is 8.16. The zero-order valence-corrected chi connectivity index (χ0v) is 25.0. The summed E-state index contributed by atoms with van der Waals surface area (Å²) >= 11 is 1.46. The highest BCUT2D eigenvalue weighted by Gasteiger charge is 2.43. The topological polar surface area (TPSA) is 144 Å². The van der Waals surface area contributed by atoms with Crippen LogP contribution in [0.4, 0.5) is 24.8 Å². The minimum Gasteiger partial charge on any atom is -0.495 e. The number of methoxy groups -OCH3 is 1. The average Bonchev–Trinajstić information content (AvgIpc) is 3.57. The lowest BCUT2D eigenvalue weighted by molar-refractivity contribution is -0.186. The first-order valence-electron chi connectivity index (χ1n) is 13.8. The van der Waals surface area contributed by atoms with E-state index in [1.807, 2.05) is 19.1 Å². The van der Waals surface area contributed by atoms with Crippen molar-refractivity contribution in [2.24, 2.45) is 0 Å². The van der Waals surface area contributed by atoms with Crippen LogP contribution in [0.25, 0.3) is 11.1 Å². The van der Waals surface area contributed by atoms with E-state index in [0.29, 0.717) is 53.0 Å². The van der Waals surface area contributed by atoms with E-state index in [2.05, 4.69) is 36.9 Å². The number of hydrogen-bond donors (Lipinski definition) is 1. The third kappa shape index (κ3) is 7.79. The smallest absolute Gasteiger partial charge is 0.471 e. The molecule has 1 N–H and O–H groups in total. The Hall–Kier alpha value is -4.91. The molecule has 1 atom stereocenters. The van der Waals surface area contributed by atoms with Gasteiger partial charge in [-0.15, -0.1) is 5.10 Å². The highest BCUT2D eigenvalue weighted by atomic mass is 32.2. The molecule has 0 radical (unpaired) electrons. The monoisotopic (exact) mass is 639 g/mol. The summed E-state index contributed by atoms with van der Waals surface area (Å²) in [4.78, 5) is 21.4. The van der Waals surface area contributed by atoms with Gasteiger partial charge in [0.25, 0.3) is 0 Å². The number of nitriles is 1. The molecule has 2 aromatic carbocycles. The number of alkyl halides is 3. The molecule has 16 heteroatoms. The highest BCUT2D eigenvalue weighted by Crippen LogP contribution is 2.36. The Balaban J connectivity index is 1.26. The molecule has 2 aromatic heterocycles. The maximum absolute atomic E-state index is 12.8. The number of aromatic nitrogens is 6. The Morgan fingerprint density at radius 1 is 1.13 bits per heavy atom. The lowest BCUT2D eigenvalue weighted by Gasteiger charge is -2.32. The number of nitrogens with zero attached hydrogens (tertiary/aromatic N) is 8. The van der Waals surface area contributed by atoms with E-state index in [4.69, 9.17) is 9.47 Å². The second kappa shape index (κ2) is 13.8. The summed E-state index contributed by atoms with van der Waals surface area (Å²) in [5, 5.41) is 23.8. The molecular formula is C29H28F3N9O3S. The number of anilines is 2. The Morgan fingerprint density at radius 2 is 1.89 bits per heavy atom. The van der Waals surface area contributed by atoms with Crippen molar-refractivity contribution in [2.75, 3.05) is 25.5 Å². The van der Waals surface area contributed by atoms with Gasteiger partial charge in [-0.1, -0.05) is 23.9 Å². The molecule has 1 aliphatic rings. The molecule has 0 bridgehead atoms. The van der Waals surface area contributed by atoms with Gasteiger partial charge in [0.2, 0.25) is 5.95 Å². The van der Waals surface area contributed by atoms with Crippen LogP contribution in [0.3, 0.4) is 0 Å². The molecule has 1 amide bonds. The second-order valence-electron chi connectivity index (χ2n) is 10.1. The number of carbonyl (C=O) groups is 1. The zero-order valence-electron chi connectivity index (χ0n) is 24.2. The number of ether oxygens (including phenoxy) is 2. The van der Waals surface area contributed by atoms with Crippen LogP contribution in [0.2, 0.25) is 0 Å². The number of thioether (sulfide) groups is 1. The molecule has 0 unspecified atom stereocenters. The maximum Gasteiger partial charge on any atom is 0.471 e. The Labute approximate surface area is 260 Å². The minimum atomic E-state index is -4.87. The number of rotatable bonds is 10. The van der Waals surface area contributed by atoms with Crippen molar-refractivity contribution in [3.05, 3.63) is 66.2 Å². The van der Waals surface area contributed by atoms with Crippen LogP contribution in [0.15, 0.2) is 55.1 Å². The molecule has 1 saturated heterocycles. The number of hydrogen-bond acceptors (Lipinski definition) is 11. The largest absolute Gasteiger partial charge is 0.495 e. The summed E-state index contributed by atoms with van der Waals surface area (Å²) in [7, 11) is 1.53. The van der Waals surface area contributed by atoms with Crippen LogP contribution in [0, 0.1) is 11.3 Å². The van der Waals surface area contributed by atoms with E-state index in [1.54, 1.807) is 41.3 Å². The first-order chi connectivity index (χ1) is 21.6. The van der Waals surface area contributed by atoms with Gasteiger partial charge in [0.05, 0.1) is 24.2 Å². The number of piperidine rings is 1. The number of halogens is 3. The molecule has 1 fully saturated rings. The molecule has 234 valence electrons. The van der Waals surface area contributed by atoms with Crippen molar-refractivity contribution in [3.63, 3.8) is 0 Å². The van der Waals surface area contributed by atoms with Gasteiger partial charge in [-0.3, -0.25) is 4.79 Å². The van der Waals surface area contributed by atoms with Gasteiger partial charge in [0.1, 0.15) is 29.3 Å². The number of nitrogens with one attached hydrogen (secondary N) is 1. The zero-order chi connectivity index (χ0) is 32.0. The maximum atomic E-state index is 12.8. The van der Waals surface area contributed by atoms with Gasteiger partial charge < -0.3 is 19.7 Å². The summed E-state index contributed by atoms with van der Waals surface area (Å²) in [6.45, 7) is 1.93. The van der Waals surface area contributed by atoms with Crippen molar-refractivity contribution < 1.29 is 27.4 Å². The van der Waals surface area contributed by atoms with Crippen LogP contribution in [-0.4, -0.2) is 72.8 Å². The minimum absolute atomic E-state index is 0.0227. The fourth-order valence-electron chi connectivity index (χ4n) is 4.86. The molecule has 45 heavy (non-hydrogen) atoms. The molecule has 5 rings (SSSR count). The van der Waals surface area contributed by atoms with Gasteiger partial charge in [-0.2, -0.15) is 18.4 Å². The molecule has 0 saturated carbocycles. The van der Waals surface area contributed by atoms with E-state index < -0.39 is 12.1 Å². The van der Waals surface area contributed by atoms with E-state index in [9.17, 15) is 23.2 Å². The first kappa shape index (κ1) is 31.5. The van der Waals surface area contributed by atoms with Crippen molar-refractivity contribution in [1.29, 1.82) is 5.26 Å². The summed E-state index contributed by atoms with van der Waals surface area (Å²) in [6, 6.07) is 12.9. The highest BCUT2D eigenvalue weighted by molar-refractivity contribution is 7.98. The second-order valence-corrected chi connectivity index (χ2v) is 11.4. The Morgan fingerprint density at radius 3 is 2.53 bits per heavy atom. The standard InChI is InChI=1S/C29H28F3N9O3S/c1-18(45-17-41-16-36-38-39-41)44-26-12-21(3-4-22(26)13-33)23-14-34-28(35-15-23)37-24-11-20(5-6-25(24)43-2)19-7-9-40(10-8-19)27(42)29(30,31)32/h3-6,11-12,14-16,18-19H,7-10,17H2,1-2H3,(H,34,35,37)/t18-/m1/s1. The SMILES string of the molecule is COc1ccc(C2CCN(C(=O)C(F)(F)F)CC2)cc1Nc1ncc(-c2ccc(C#N)c(O[C@@H](C)SCn3cnnn3)c2)cn1. The van der Waals surface area contributed by atoms with Crippen LogP contribution in [0.5, 0.6) is 11.5 Å². The van der Waals surface area contributed by atoms with Gasteiger partial charge >= 0.3 is 12.1 Å². The van der Waals surface area contributed by atoms with E-state index >= 15 is 0 Å². The van der Waals surface area contributed by atoms with Crippen LogP contribution < -0.4 is 14.8 Å². The van der Waals surface area contributed by atoms with E-state index in [0.717, 1.165) is 16.0 Å². The lowest BCUT2D eigenvalue weighted by Crippen LogP contribution is -2.45. The van der Waals surface area contributed by atoms with Gasteiger partial charge in [-0.05, 0) is 71.5 Å². The van der Waals surface area contributed by atoms with Crippen molar-refractivity contribution >= 4 is 29.3 Å². The Kier molecular flexibility index (Phi) is 9.67. The van der Waals surface area contributed by atoms with Crippen LogP contribution >= 0.6 is 11.8 Å². The summed E-state index contributed by atoms with van der Waals surface area (Å²) < 4.78 is 51.6. The molecule has 12 nitrogen and oxygen atoms in total. The molecular weight excluding hydrogens is 611 g/mol. The summed E-state index contributed by atoms with van der Waals surface area (Å²) in [6.07, 6.45) is 0.730. The molecule has 0 aliphatic carbocycles. The van der Waals surface area contributed by atoms with Gasteiger partial charge in [0, 0.05) is 31.0 Å². The van der Waals surface area contributed by atoms with E-state index in [1.165, 1.54) is 25.2 Å². The molecule has 1 aliphatic heterocycles. The lowest BCUT2D eigenvalue weighted by atomic mass is 9.89. The number of tetrazole rings is 1. The summed E-state index contributed by atoms with van der Waals surface area (Å²) in [5.74, 6) is -0.0768. The van der Waals surface area contributed by atoms with Crippen LogP contribution in [-0.2, 0) is 10.7 Å². The predicted molar refractivity (Wildman–Crippen MR) is 159 cm³/mol. The fourth-order valence-corrected chi connectivity index (χ4v) is 5.51. The molecule has 4 aromatic rings. The third-order valence-electron chi connectivity index (χ3n) is 7.18.